The molecule has 0 bridgehead atoms. The van der Waals surface area contributed by atoms with E-state index in [0.29, 0.717) is 12.0 Å². The lowest BCUT2D eigenvalue weighted by atomic mass is 9.97. The third kappa shape index (κ3) is 3.06. The summed E-state index contributed by atoms with van der Waals surface area (Å²) in [6.45, 7) is 9.81. The van der Waals surface area contributed by atoms with Crippen LogP contribution >= 0.6 is 0 Å². The molecule has 1 unspecified atom stereocenters. The molecule has 1 rings (SSSR count). The van der Waals surface area contributed by atoms with E-state index in [0.717, 1.165) is 6.54 Å². The van der Waals surface area contributed by atoms with Crippen LogP contribution in [0.4, 0.5) is 0 Å². The van der Waals surface area contributed by atoms with Gasteiger partial charge < -0.3 is 5.32 Å². The minimum Gasteiger partial charge on any atom is -0.310 e. The molecule has 15 heavy (non-hydrogen) atoms. The molecule has 0 aromatic carbocycles. The van der Waals surface area contributed by atoms with Crippen LogP contribution in [0.1, 0.15) is 44.5 Å². The predicted molar refractivity (Wildman–Crippen MR) is 63.8 cm³/mol. The lowest BCUT2D eigenvalue weighted by molar-refractivity contribution is 0.436. The number of rotatable bonds is 5. The molecular formula is C12H23N3. The fraction of sp³-hybridized carbons (Fsp3) is 0.750. The molecule has 1 aromatic rings. The molecule has 0 fully saturated rings. The van der Waals surface area contributed by atoms with Crippen molar-refractivity contribution in [3.05, 3.63) is 17.5 Å². The fourth-order valence-electron chi connectivity index (χ4n) is 1.90. The molecule has 0 aliphatic rings. The molecular weight excluding hydrogens is 186 g/mol. The van der Waals surface area contributed by atoms with Gasteiger partial charge in [0.1, 0.15) is 0 Å². The summed E-state index contributed by atoms with van der Waals surface area (Å²) >= 11 is 0. The lowest BCUT2D eigenvalue weighted by Crippen LogP contribution is -2.22. The van der Waals surface area contributed by atoms with E-state index >= 15 is 0 Å². The highest BCUT2D eigenvalue weighted by Gasteiger charge is 2.16. The molecule has 0 aliphatic heterocycles. The molecule has 1 heterocycles. The largest absolute Gasteiger partial charge is 0.310 e. The minimum atomic E-state index is 0.448. The van der Waals surface area contributed by atoms with Gasteiger partial charge in [0, 0.05) is 24.3 Å². The van der Waals surface area contributed by atoms with Crippen molar-refractivity contribution in [3.63, 3.8) is 0 Å². The average Bonchev–Trinajstić information content (AvgIpc) is 2.46. The van der Waals surface area contributed by atoms with Gasteiger partial charge in [-0.05, 0) is 25.8 Å². The zero-order chi connectivity index (χ0) is 11.4. The Kier molecular flexibility index (Phi) is 4.33. The highest BCUT2D eigenvalue weighted by molar-refractivity contribution is 5.20. The van der Waals surface area contributed by atoms with Crippen molar-refractivity contribution < 1.29 is 0 Å². The summed E-state index contributed by atoms with van der Waals surface area (Å²) < 4.78 is 1.94. The lowest BCUT2D eigenvalue weighted by Gasteiger charge is -2.19. The Morgan fingerprint density at radius 1 is 1.47 bits per heavy atom. The summed E-state index contributed by atoms with van der Waals surface area (Å²) in [5.74, 6) is 0.702. The third-order valence-electron chi connectivity index (χ3n) is 2.81. The smallest absolute Gasteiger partial charge is 0.0540 e. The molecule has 3 nitrogen and oxygen atoms in total. The van der Waals surface area contributed by atoms with Crippen LogP contribution in [0.15, 0.2) is 6.20 Å². The second-order valence-corrected chi connectivity index (χ2v) is 4.55. The molecule has 0 radical (unpaired) electrons. The number of aromatic nitrogens is 2. The number of nitrogens with zero attached hydrogens (tertiary/aromatic N) is 2. The van der Waals surface area contributed by atoms with Gasteiger partial charge >= 0.3 is 0 Å². The van der Waals surface area contributed by atoms with Gasteiger partial charge in [-0.25, -0.2) is 0 Å². The Bertz CT molecular complexity index is 302. The summed E-state index contributed by atoms with van der Waals surface area (Å²) in [6, 6.07) is 0.448. The molecule has 1 aromatic heterocycles. The number of hydrogen-bond donors (Lipinski definition) is 1. The van der Waals surface area contributed by atoms with Gasteiger partial charge in [0.05, 0.1) is 6.20 Å². The Balaban J connectivity index is 2.83. The van der Waals surface area contributed by atoms with Crippen LogP contribution in [0.5, 0.6) is 0 Å². The maximum Gasteiger partial charge on any atom is 0.0540 e. The first kappa shape index (κ1) is 12.2. The average molecular weight is 209 g/mol. The Morgan fingerprint density at radius 2 is 2.13 bits per heavy atom. The number of hydrogen-bond acceptors (Lipinski definition) is 2. The van der Waals surface area contributed by atoms with E-state index in [-0.39, 0.29) is 0 Å². The highest BCUT2D eigenvalue weighted by Crippen LogP contribution is 2.23. The van der Waals surface area contributed by atoms with E-state index in [9.17, 15) is 0 Å². The Labute approximate surface area is 92.9 Å². The van der Waals surface area contributed by atoms with Gasteiger partial charge in [-0.3, -0.25) is 4.68 Å². The van der Waals surface area contributed by atoms with Gasteiger partial charge in [-0.2, -0.15) is 5.10 Å². The second-order valence-electron chi connectivity index (χ2n) is 4.55. The van der Waals surface area contributed by atoms with E-state index in [2.05, 4.69) is 38.1 Å². The second kappa shape index (κ2) is 5.31. The quantitative estimate of drug-likeness (QED) is 0.807. The van der Waals surface area contributed by atoms with Crippen LogP contribution in [-0.2, 0) is 7.05 Å². The van der Waals surface area contributed by atoms with Crippen LogP contribution in [0.2, 0.25) is 0 Å². The molecule has 1 N–H and O–H groups in total. The molecule has 0 spiro atoms. The first-order chi connectivity index (χ1) is 7.06. The van der Waals surface area contributed by atoms with Gasteiger partial charge in [0.2, 0.25) is 0 Å². The van der Waals surface area contributed by atoms with Gasteiger partial charge in [-0.15, -0.1) is 0 Å². The van der Waals surface area contributed by atoms with Crippen LogP contribution in [0.25, 0.3) is 0 Å². The van der Waals surface area contributed by atoms with Crippen molar-refractivity contribution in [3.8, 4) is 0 Å². The van der Waals surface area contributed by atoms with Gasteiger partial charge in [-0.1, -0.05) is 20.8 Å². The Morgan fingerprint density at radius 3 is 2.53 bits per heavy atom. The zero-order valence-corrected chi connectivity index (χ0v) is 10.5. The first-order valence-corrected chi connectivity index (χ1v) is 5.78. The summed E-state index contributed by atoms with van der Waals surface area (Å²) in [5.41, 5.74) is 2.61. The third-order valence-corrected chi connectivity index (χ3v) is 2.81. The maximum atomic E-state index is 4.30. The topological polar surface area (TPSA) is 29.9 Å². The molecule has 1 atom stereocenters. The zero-order valence-electron chi connectivity index (χ0n) is 10.5. The predicted octanol–water partition coefficient (Wildman–Crippen LogP) is 2.43. The fourth-order valence-corrected chi connectivity index (χ4v) is 1.90. The molecule has 0 saturated heterocycles. The van der Waals surface area contributed by atoms with E-state index in [4.69, 9.17) is 0 Å². The van der Waals surface area contributed by atoms with Crippen molar-refractivity contribution >= 4 is 0 Å². The van der Waals surface area contributed by atoms with Crippen molar-refractivity contribution in [2.24, 2.45) is 13.0 Å². The molecule has 86 valence electrons. The molecule has 3 heteroatoms. The van der Waals surface area contributed by atoms with Gasteiger partial charge in [0.15, 0.2) is 0 Å². The number of aryl methyl sites for hydroxylation is 1. The molecule has 0 aliphatic carbocycles. The summed E-state index contributed by atoms with van der Waals surface area (Å²) in [4.78, 5) is 0. The van der Waals surface area contributed by atoms with Crippen molar-refractivity contribution in [2.45, 2.75) is 40.2 Å². The highest BCUT2D eigenvalue weighted by atomic mass is 15.3. The standard InChI is InChI=1S/C12H23N3/c1-6-13-12(7-9(2)3)11-8-14-15(5)10(11)4/h8-9,12-13H,6-7H2,1-5H3. The van der Waals surface area contributed by atoms with Crippen molar-refractivity contribution in [1.29, 1.82) is 0 Å². The van der Waals surface area contributed by atoms with E-state index in [1.165, 1.54) is 17.7 Å². The normalized spacial score (nSPS) is 13.5. The van der Waals surface area contributed by atoms with Crippen molar-refractivity contribution in [1.82, 2.24) is 15.1 Å². The van der Waals surface area contributed by atoms with Crippen LogP contribution in [-0.4, -0.2) is 16.3 Å². The minimum absolute atomic E-state index is 0.448. The van der Waals surface area contributed by atoms with Crippen molar-refractivity contribution in [2.75, 3.05) is 6.54 Å². The SMILES string of the molecule is CCNC(CC(C)C)c1cnn(C)c1C. The van der Waals surface area contributed by atoms with E-state index < -0.39 is 0 Å². The van der Waals surface area contributed by atoms with Gasteiger partial charge in [0.25, 0.3) is 0 Å². The summed E-state index contributed by atoms with van der Waals surface area (Å²) in [5, 5.41) is 7.83. The van der Waals surface area contributed by atoms with Crippen LogP contribution in [0.3, 0.4) is 0 Å². The Hall–Kier alpha value is -0.830. The van der Waals surface area contributed by atoms with Crippen LogP contribution < -0.4 is 5.32 Å². The van der Waals surface area contributed by atoms with Crippen LogP contribution in [0, 0.1) is 12.8 Å². The van der Waals surface area contributed by atoms with E-state index in [1.54, 1.807) is 0 Å². The summed E-state index contributed by atoms with van der Waals surface area (Å²) in [6.07, 6.45) is 3.16. The van der Waals surface area contributed by atoms with E-state index in [1.807, 2.05) is 17.9 Å². The molecule has 0 saturated carbocycles. The number of nitrogens with one attached hydrogen (secondary N) is 1. The monoisotopic (exact) mass is 209 g/mol. The maximum absolute atomic E-state index is 4.30. The molecule has 0 amide bonds. The summed E-state index contributed by atoms with van der Waals surface area (Å²) in [7, 11) is 2.00. The first-order valence-electron chi connectivity index (χ1n) is 5.78.